The van der Waals surface area contributed by atoms with E-state index in [0.717, 1.165) is 49.4 Å². The van der Waals surface area contributed by atoms with Gasteiger partial charge >= 0.3 is 0 Å². The summed E-state index contributed by atoms with van der Waals surface area (Å²) in [6.07, 6.45) is 7.98. The highest BCUT2D eigenvalue weighted by atomic mass is 35.5. The standard InChI is InChI=1S/C18H27N7.2ClH/c1-25(10-16-13-5-3-2-4-6-14(13)23-24-16)17-9-15(21-18(20)22-17)11-7-12(19)8-11;;/h9,11-12H,2-8,10,19H2,1H3,(H,23,24)(H2,20,21,22);2*1H. The maximum absolute atomic E-state index is 5.95. The van der Waals surface area contributed by atoms with Gasteiger partial charge in [0.1, 0.15) is 5.82 Å². The van der Waals surface area contributed by atoms with Crippen molar-refractivity contribution in [3.05, 3.63) is 28.7 Å². The molecule has 0 aliphatic heterocycles. The lowest BCUT2D eigenvalue weighted by molar-refractivity contribution is 0.345. The zero-order chi connectivity index (χ0) is 17.4. The topological polar surface area (TPSA) is 110 Å². The van der Waals surface area contributed by atoms with Crippen LogP contribution >= 0.6 is 24.8 Å². The van der Waals surface area contributed by atoms with E-state index in [9.17, 15) is 0 Å². The molecule has 0 spiro atoms. The third-order valence-corrected chi connectivity index (χ3v) is 5.51. The zero-order valence-electron chi connectivity index (χ0n) is 15.6. The first kappa shape index (κ1) is 21.7. The molecule has 7 nitrogen and oxygen atoms in total. The van der Waals surface area contributed by atoms with Gasteiger partial charge in [-0.05, 0) is 44.1 Å². The third kappa shape index (κ3) is 4.65. The lowest BCUT2D eigenvalue weighted by Gasteiger charge is -2.32. The van der Waals surface area contributed by atoms with Gasteiger partial charge in [-0.15, -0.1) is 24.8 Å². The van der Waals surface area contributed by atoms with Crippen LogP contribution < -0.4 is 16.4 Å². The van der Waals surface area contributed by atoms with Gasteiger partial charge in [-0.1, -0.05) is 6.42 Å². The second-order valence-electron chi connectivity index (χ2n) is 7.48. The normalized spacial score (nSPS) is 21.1. The van der Waals surface area contributed by atoms with Crippen molar-refractivity contribution in [3.63, 3.8) is 0 Å². The maximum atomic E-state index is 5.95. The molecule has 2 aliphatic carbocycles. The van der Waals surface area contributed by atoms with Gasteiger partial charge in [-0.3, -0.25) is 5.10 Å². The molecule has 0 radical (unpaired) electrons. The van der Waals surface area contributed by atoms with Gasteiger partial charge < -0.3 is 16.4 Å². The van der Waals surface area contributed by atoms with Crippen LogP contribution in [0.15, 0.2) is 6.07 Å². The third-order valence-electron chi connectivity index (χ3n) is 5.51. The number of nitrogens with zero attached hydrogens (tertiary/aromatic N) is 4. The van der Waals surface area contributed by atoms with E-state index in [1.54, 1.807) is 0 Å². The quantitative estimate of drug-likeness (QED) is 0.664. The summed E-state index contributed by atoms with van der Waals surface area (Å²) >= 11 is 0. The molecule has 5 N–H and O–H groups in total. The molecule has 2 aliphatic rings. The molecule has 0 amide bonds. The Morgan fingerprint density at radius 2 is 1.89 bits per heavy atom. The Hall–Kier alpha value is -1.57. The summed E-state index contributed by atoms with van der Waals surface area (Å²) in [6, 6.07) is 2.35. The number of hydrogen-bond donors (Lipinski definition) is 3. The molecule has 2 aromatic rings. The first-order valence-corrected chi connectivity index (χ1v) is 9.26. The number of aryl methyl sites for hydroxylation is 1. The predicted octanol–water partition coefficient (Wildman–Crippen LogP) is 2.74. The zero-order valence-corrected chi connectivity index (χ0v) is 17.3. The highest BCUT2D eigenvalue weighted by molar-refractivity contribution is 5.85. The molecule has 0 bridgehead atoms. The predicted molar refractivity (Wildman–Crippen MR) is 113 cm³/mol. The molecule has 1 saturated carbocycles. The molecule has 0 saturated heterocycles. The van der Waals surface area contributed by atoms with E-state index in [0.29, 0.717) is 17.9 Å². The largest absolute Gasteiger partial charge is 0.368 e. The first-order chi connectivity index (χ1) is 12.1. The van der Waals surface area contributed by atoms with Crippen LogP contribution in [0.2, 0.25) is 0 Å². The molecule has 2 heterocycles. The summed E-state index contributed by atoms with van der Waals surface area (Å²) in [6.45, 7) is 0.728. The van der Waals surface area contributed by atoms with Gasteiger partial charge in [0.2, 0.25) is 5.95 Å². The lowest BCUT2D eigenvalue weighted by atomic mass is 9.78. The molecule has 2 aromatic heterocycles. The lowest BCUT2D eigenvalue weighted by Crippen LogP contribution is -2.35. The average Bonchev–Trinajstić information content (AvgIpc) is 2.78. The molecule has 0 unspecified atom stereocenters. The monoisotopic (exact) mass is 413 g/mol. The van der Waals surface area contributed by atoms with Crippen molar-refractivity contribution in [2.24, 2.45) is 5.73 Å². The van der Waals surface area contributed by atoms with Crippen LogP contribution in [0.25, 0.3) is 0 Å². The number of H-pyrrole nitrogens is 1. The Bertz CT molecular complexity index is 758. The van der Waals surface area contributed by atoms with E-state index in [1.807, 2.05) is 7.05 Å². The molecule has 0 atom stereocenters. The van der Waals surface area contributed by atoms with Crippen LogP contribution in [-0.4, -0.2) is 33.3 Å². The fourth-order valence-corrected chi connectivity index (χ4v) is 3.94. The first-order valence-electron chi connectivity index (χ1n) is 9.26. The summed E-state index contributed by atoms with van der Waals surface area (Å²) in [5.41, 5.74) is 16.7. The van der Waals surface area contributed by atoms with Crippen LogP contribution in [-0.2, 0) is 19.4 Å². The van der Waals surface area contributed by atoms with Crippen molar-refractivity contribution in [2.75, 3.05) is 17.7 Å². The SMILES string of the molecule is CN(Cc1n[nH]c2c1CCCCC2)c1cc(C2CC(N)C2)nc(N)n1.Cl.Cl. The van der Waals surface area contributed by atoms with Gasteiger partial charge in [-0.2, -0.15) is 10.1 Å². The Labute approximate surface area is 172 Å². The van der Waals surface area contributed by atoms with Crippen molar-refractivity contribution >= 4 is 36.6 Å². The second-order valence-corrected chi connectivity index (χ2v) is 7.48. The molecular formula is C18H29Cl2N7. The van der Waals surface area contributed by atoms with E-state index in [1.165, 1.54) is 30.5 Å². The van der Waals surface area contributed by atoms with E-state index in [2.05, 4.69) is 31.1 Å². The smallest absolute Gasteiger partial charge is 0.222 e. The van der Waals surface area contributed by atoms with Crippen molar-refractivity contribution in [1.82, 2.24) is 20.2 Å². The van der Waals surface area contributed by atoms with E-state index in [4.69, 9.17) is 11.5 Å². The van der Waals surface area contributed by atoms with E-state index < -0.39 is 0 Å². The number of nitrogens with two attached hydrogens (primary N) is 2. The van der Waals surface area contributed by atoms with Crippen molar-refractivity contribution in [3.8, 4) is 0 Å². The molecule has 150 valence electrons. The molecule has 9 heteroatoms. The minimum Gasteiger partial charge on any atom is -0.368 e. The van der Waals surface area contributed by atoms with Crippen LogP contribution in [0.3, 0.4) is 0 Å². The number of nitrogens with one attached hydrogen (secondary N) is 1. The fourth-order valence-electron chi connectivity index (χ4n) is 3.94. The van der Waals surface area contributed by atoms with Crippen molar-refractivity contribution < 1.29 is 0 Å². The van der Waals surface area contributed by atoms with Crippen LogP contribution in [0.1, 0.15) is 60.7 Å². The van der Waals surface area contributed by atoms with E-state index >= 15 is 0 Å². The Kier molecular flexibility index (Phi) is 7.31. The molecule has 27 heavy (non-hydrogen) atoms. The van der Waals surface area contributed by atoms with Gasteiger partial charge in [-0.25, -0.2) is 4.98 Å². The van der Waals surface area contributed by atoms with Crippen LogP contribution in [0, 0.1) is 0 Å². The Balaban J connectivity index is 0.00000131. The number of fused-ring (bicyclic) bond motifs is 1. The second kappa shape index (κ2) is 9.08. The molecule has 4 rings (SSSR count). The number of nitrogen functional groups attached to an aromatic ring is 1. The summed E-state index contributed by atoms with van der Waals surface area (Å²) in [5.74, 6) is 1.60. The molecular weight excluding hydrogens is 385 g/mol. The van der Waals surface area contributed by atoms with Gasteiger partial charge in [0, 0.05) is 30.8 Å². The van der Waals surface area contributed by atoms with Crippen LogP contribution in [0.5, 0.6) is 0 Å². The summed E-state index contributed by atoms with van der Waals surface area (Å²) in [7, 11) is 2.04. The van der Waals surface area contributed by atoms with Crippen molar-refractivity contribution in [1.29, 1.82) is 0 Å². The van der Waals surface area contributed by atoms with Crippen molar-refractivity contribution in [2.45, 2.75) is 63.5 Å². The number of anilines is 2. The molecule has 1 fully saturated rings. The summed E-state index contributed by atoms with van der Waals surface area (Å²) in [5, 5.41) is 7.80. The average molecular weight is 414 g/mol. The Morgan fingerprint density at radius 3 is 2.63 bits per heavy atom. The summed E-state index contributed by atoms with van der Waals surface area (Å²) < 4.78 is 0. The number of hydrogen-bond acceptors (Lipinski definition) is 6. The number of aromatic nitrogens is 4. The van der Waals surface area contributed by atoms with Crippen LogP contribution in [0.4, 0.5) is 11.8 Å². The maximum Gasteiger partial charge on any atom is 0.222 e. The summed E-state index contributed by atoms with van der Waals surface area (Å²) in [4.78, 5) is 11.0. The highest BCUT2D eigenvalue weighted by Gasteiger charge is 2.29. The van der Waals surface area contributed by atoms with Gasteiger partial charge in [0.25, 0.3) is 0 Å². The molecule has 0 aromatic carbocycles. The van der Waals surface area contributed by atoms with Gasteiger partial charge in [0.05, 0.1) is 17.9 Å². The van der Waals surface area contributed by atoms with E-state index in [-0.39, 0.29) is 24.8 Å². The Morgan fingerprint density at radius 1 is 1.15 bits per heavy atom. The minimum absolute atomic E-state index is 0. The number of aromatic amines is 1. The number of rotatable bonds is 4. The minimum atomic E-state index is 0. The highest BCUT2D eigenvalue weighted by Crippen LogP contribution is 2.36. The number of halogens is 2. The fraction of sp³-hybridized carbons (Fsp3) is 0.611. The van der Waals surface area contributed by atoms with Gasteiger partial charge in [0.15, 0.2) is 0 Å².